The number of benzene rings is 2. The Bertz CT molecular complexity index is 1040. The normalized spacial score (nSPS) is 19.5. The molecule has 2 N–H and O–H groups in total. The summed E-state index contributed by atoms with van der Waals surface area (Å²) >= 11 is 0. The zero-order chi connectivity index (χ0) is 24.9. The molecular formula is C27H32N2O6. The number of aliphatic carboxylic acids is 1. The molecule has 2 amide bonds. The molecule has 0 radical (unpaired) electrons. The van der Waals surface area contributed by atoms with E-state index in [0.717, 1.165) is 22.3 Å². The third kappa shape index (κ3) is 5.03. The van der Waals surface area contributed by atoms with Crippen molar-refractivity contribution in [2.45, 2.75) is 44.7 Å². The molecule has 8 nitrogen and oxygen atoms in total. The number of carboxylic acids is 1. The monoisotopic (exact) mass is 480 g/mol. The van der Waals surface area contributed by atoms with Crippen molar-refractivity contribution >= 4 is 18.0 Å². The summed E-state index contributed by atoms with van der Waals surface area (Å²) in [5.41, 5.74) is 4.50. The van der Waals surface area contributed by atoms with Gasteiger partial charge in [0.2, 0.25) is 5.91 Å². The number of carbonyl (C=O) groups is 3. The Labute approximate surface area is 205 Å². The second-order valence-electron chi connectivity index (χ2n) is 9.01. The quantitative estimate of drug-likeness (QED) is 0.568. The lowest BCUT2D eigenvalue weighted by Gasteiger charge is -2.33. The Morgan fingerprint density at radius 1 is 1.06 bits per heavy atom. The molecule has 1 aliphatic carbocycles. The fraction of sp³-hybridized carbons (Fsp3) is 0.444. The molecular weight excluding hydrogens is 448 g/mol. The largest absolute Gasteiger partial charge is 0.481 e. The molecule has 0 spiro atoms. The highest BCUT2D eigenvalue weighted by atomic mass is 16.5. The van der Waals surface area contributed by atoms with Crippen LogP contribution in [0.3, 0.4) is 0 Å². The van der Waals surface area contributed by atoms with E-state index in [2.05, 4.69) is 17.4 Å². The fourth-order valence-electron chi connectivity index (χ4n) is 5.09. The van der Waals surface area contributed by atoms with Crippen LogP contribution in [0.1, 0.15) is 43.7 Å². The molecule has 2 aromatic rings. The van der Waals surface area contributed by atoms with Gasteiger partial charge in [-0.05, 0) is 35.1 Å². The maximum absolute atomic E-state index is 13.3. The molecule has 35 heavy (non-hydrogen) atoms. The number of nitrogens with zero attached hydrogens (tertiary/aromatic N) is 1. The Morgan fingerprint density at radius 2 is 1.69 bits per heavy atom. The standard InChI is InChI=1S/C27H32N2O6/c1-3-13-29(24-16-34-14-22(24)26(31)32)25(30)23(4-2)28-27(33)35-15-21-19-11-7-5-9-17(19)18-10-6-8-12-20(18)21/h5-12,21-24H,3-4,13-16H2,1-2H3,(H,28,33)(H,31,32)/t22?,23-,24?/m1/s1. The lowest BCUT2D eigenvalue weighted by atomic mass is 9.98. The molecule has 1 aliphatic heterocycles. The van der Waals surface area contributed by atoms with E-state index in [0.29, 0.717) is 19.4 Å². The Morgan fingerprint density at radius 3 is 2.26 bits per heavy atom. The van der Waals surface area contributed by atoms with Crippen LogP contribution in [0.25, 0.3) is 11.1 Å². The zero-order valence-corrected chi connectivity index (χ0v) is 20.1. The summed E-state index contributed by atoms with van der Waals surface area (Å²) in [6, 6.07) is 14.8. The third-order valence-corrected chi connectivity index (χ3v) is 6.86. The van der Waals surface area contributed by atoms with Crippen LogP contribution in [0, 0.1) is 5.92 Å². The zero-order valence-electron chi connectivity index (χ0n) is 20.1. The highest BCUT2D eigenvalue weighted by Gasteiger charge is 2.41. The molecule has 4 rings (SSSR count). The van der Waals surface area contributed by atoms with Gasteiger partial charge >= 0.3 is 12.1 Å². The van der Waals surface area contributed by atoms with Crippen molar-refractivity contribution in [1.29, 1.82) is 0 Å². The summed E-state index contributed by atoms with van der Waals surface area (Å²) in [6.07, 6.45) is 0.353. The average molecular weight is 481 g/mol. The van der Waals surface area contributed by atoms with Crippen LogP contribution in [0.2, 0.25) is 0 Å². The Hall–Kier alpha value is -3.39. The van der Waals surface area contributed by atoms with Gasteiger partial charge in [0.15, 0.2) is 0 Å². The maximum Gasteiger partial charge on any atom is 0.407 e. The highest BCUT2D eigenvalue weighted by Crippen LogP contribution is 2.44. The van der Waals surface area contributed by atoms with E-state index in [-0.39, 0.29) is 31.6 Å². The first kappa shape index (κ1) is 24.7. The van der Waals surface area contributed by atoms with Crippen molar-refractivity contribution < 1.29 is 29.0 Å². The Balaban J connectivity index is 1.42. The van der Waals surface area contributed by atoms with E-state index < -0.39 is 30.1 Å². The van der Waals surface area contributed by atoms with Gasteiger partial charge in [-0.1, -0.05) is 62.4 Å². The first-order chi connectivity index (χ1) is 17.0. The van der Waals surface area contributed by atoms with Crippen LogP contribution >= 0.6 is 0 Å². The molecule has 2 aliphatic rings. The van der Waals surface area contributed by atoms with E-state index in [1.165, 1.54) is 0 Å². The van der Waals surface area contributed by atoms with Crippen LogP contribution in [0.4, 0.5) is 4.79 Å². The predicted molar refractivity (Wildman–Crippen MR) is 130 cm³/mol. The lowest BCUT2D eigenvalue weighted by Crippen LogP contribution is -2.54. The molecule has 3 atom stereocenters. The van der Waals surface area contributed by atoms with Crippen molar-refractivity contribution in [2.75, 3.05) is 26.4 Å². The fourth-order valence-corrected chi connectivity index (χ4v) is 5.09. The SMILES string of the molecule is CCCN(C(=O)[C@@H](CC)NC(=O)OCC1c2ccccc2-c2ccccc21)C1COCC1C(=O)O. The molecule has 0 aromatic heterocycles. The third-order valence-electron chi connectivity index (χ3n) is 6.86. The van der Waals surface area contributed by atoms with Crippen molar-refractivity contribution in [3.8, 4) is 11.1 Å². The molecule has 8 heteroatoms. The summed E-state index contributed by atoms with van der Waals surface area (Å²) in [6.45, 7) is 4.51. The number of carboxylic acid groups (broad SMARTS) is 1. The lowest BCUT2D eigenvalue weighted by molar-refractivity contribution is -0.145. The Kier molecular flexibility index (Phi) is 7.70. The van der Waals surface area contributed by atoms with Gasteiger partial charge in [0.1, 0.15) is 18.6 Å². The second-order valence-corrected chi connectivity index (χ2v) is 9.01. The van der Waals surface area contributed by atoms with E-state index in [4.69, 9.17) is 9.47 Å². The van der Waals surface area contributed by atoms with Gasteiger partial charge in [-0.2, -0.15) is 0 Å². The van der Waals surface area contributed by atoms with Crippen LogP contribution in [0.5, 0.6) is 0 Å². The van der Waals surface area contributed by atoms with Crippen molar-refractivity contribution in [2.24, 2.45) is 5.92 Å². The summed E-state index contributed by atoms with van der Waals surface area (Å²) in [5.74, 6) is -2.16. The molecule has 1 saturated heterocycles. The number of nitrogens with one attached hydrogen (secondary N) is 1. The van der Waals surface area contributed by atoms with E-state index >= 15 is 0 Å². The minimum absolute atomic E-state index is 0.0735. The molecule has 0 saturated carbocycles. The number of ether oxygens (including phenoxy) is 2. The van der Waals surface area contributed by atoms with Crippen LogP contribution in [-0.2, 0) is 19.1 Å². The van der Waals surface area contributed by atoms with Crippen molar-refractivity contribution in [3.63, 3.8) is 0 Å². The van der Waals surface area contributed by atoms with Crippen LogP contribution in [0.15, 0.2) is 48.5 Å². The van der Waals surface area contributed by atoms with Gasteiger partial charge in [-0.15, -0.1) is 0 Å². The molecule has 0 bridgehead atoms. The minimum atomic E-state index is -0.987. The van der Waals surface area contributed by atoms with E-state index in [1.807, 2.05) is 43.3 Å². The number of hydrogen-bond acceptors (Lipinski definition) is 5. The van der Waals surface area contributed by atoms with Gasteiger partial charge in [0.25, 0.3) is 0 Å². The minimum Gasteiger partial charge on any atom is -0.481 e. The van der Waals surface area contributed by atoms with Gasteiger partial charge in [-0.3, -0.25) is 9.59 Å². The number of amides is 2. The van der Waals surface area contributed by atoms with E-state index in [1.54, 1.807) is 11.8 Å². The summed E-state index contributed by atoms with van der Waals surface area (Å²) in [5, 5.41) is 12.2. The molecule has 1 heterocycles. The molecule has 186 valence electrons. The number of hydrogen-bond donors (Lipinski definition) is 2. The van der Waals surface area contributed by atoms with Gasteiger partial charge in [0.05, 0.1) is 19.3 Å². The van der Waals surface area contributed by atoms with Gasteiger partial charge < -0.3 is 24.8 Å². The smallest absolute Gasteiger partial charge is 0.407 e. The number of alkyl carbamates (subject to hydrolysis) is 1. The molecule has 1 fully saturated rings. The topological polar surface area (TPSA) is 105 Å². The summed E-state index contributed by atoms with van der Waals surface area (Å²) in [7, 11) is 0. The first-order valence-corrected chi connectivity index (χ1v) is 12.2. The van der Waals surface area contributed by atoms with Crippen LogP contribution < -0.4 is 5.32 Å². The van der Waals surface area contributed by atoms with Crippen molar-refractivity contribution in [3.05, 3.63) is 59.7 Å². The summed E-state index contributed by atoms with van der Waals surface area (Å²) in [4.78, 5) is 39.3. The van der Waals surface area contributed by atoms with Crippen molar-refractivity contribution in [1.82, 2.24) is 10.2 Å². The predicted octanol–water partition coefficient (Wildman–Crippen LogP) is 3.64. The first-order valence-electron chi connectivity index (χ1n) is 12.2. The molecule has 2 unspecified atom stereocenters. The van der Waals surface area contributed by atoms with Crippen LogP contribution in [-0.4, -0.2) is 66.4 Å². The number of carbonyl (C=O) groups excluding carboxylic acids is 2. The highest BCUT2D eigenvalue weighted by molar-refractivity contribution is 5.87. The number of fused-ring (bicyclic) bond motifs is 3. The molecule has 2 aromatic carbocycles. The summed E-state index contributed by atoms with van der Waals surface area (Å²) < 4.78 is 11.0. The van der Waals surface area contributed by atoms with Gasteiger partial charge in [-0.25, -0.2) is 4.79 Å². The van der Waals surface area contributed by atoms with E-state index in [9.17, 15) is 19.5 Å². The van der Waals surface area contributed by atoms with Gasteiger partial charge in [0, 0.05) is 12.5 Å². The second kappa shape index (κ2) is 10.9. The number of rotatable bonds is 9. The maximum atomic E-state index is 13.3. The average Bonchev–Trinajstić information content (AvgIpc) is 3.47.